The van der Waals surface area contributed by atoms with Crippen LogP contribution in [0, 0.1) is 0 Å². The molecular weight excluding hydrogens is 264 g/mol. The van der Waals surface area contributed by atoms with Crippen LogP contribution in [0.25, 0.3) is 11.3 Å². The summed E-state index contributed by atoms with van der Waals surface area (Å²) in [5, 5.41) is 0. The highest BCUT2D eigenvalue weighted by atomic mass is 19.3. The van der Waals surface area contributed by atoms with Crippen LogP contribution >= 0.6 is 0 Å². The molecule has 0 amide bonds. The molecule has 0 bridgehead atoms. The molecule has 0 spiro atoms. The first kappa shape index (κ1) is 14.5. The number of halogens is 2. The summed E-state index contributed by atoms with van der Waals surface area (Å²) in [6.45, 7) is -0.782. The van der Waals surface area contributed by atoms with E-state index in [1.165, 1.54) is 12.1 Å². The minimum absolute atomic E-state index is 0.117. The van der Waals surface area contributed by atoms with E-state index in [9.17, 15) is 8.78 Å². The van der Waals surface area contributed by atoms with Gasteiger partial charge in [-0.15, -0.1) is 0 Å². The van der Waals surface area contributed by atoms with Gasteiger partial charge < -0.3 is 15.5 Å². The molecule has 2 rings (SSSR count). The monoisotopic (exact) mass is 281 g/mol. The zero-order chi connectivity index (χ0) is 14.5. The van der Waals surface area contributed by atoms with Crippen LogP contribution in [0.1, 0.15) is 31.6 Å². The SMILES string of the molecule is CCCC(N)c1ncc(-c2cccc(OC(F)F)c2)[nH]1. The average molecular weight is 281 g/mol. The van der Waals surface area contributed by atoms with Gasteiger partial charge >= 0.3 is 6.61 Å². The smallest absolute Gasteiger partial charge is 0.387 e. The van der Waals surface area contributed by atoms with Gasteiger partial charge in [0.2, 0.25) is 0 Å². The van der Waals surface area contributed by atoms with Gasteiger partial charge in [0.15, 0.2) is 0 Å². The summed E-state index contributed by atoms with van der Waals surface area (Å²) in [5.41, 5.74) is 7.43. The third kappa shape index (κ3) is 3.54. The van der Waals surface area contributed by atoms with E-state index in [-0.39, 0.29) is 11.8 Å². The number of nitrogens with one attached hydrogen (secondary N) is 1. The molecule has 0 aliphatic rings. The van der Waals surface area contributed by atoms with Gasteiger partial charge in [-0.1, -0.05) is 25.5 Å². The molecule has 20 heavy (non-hydrogen) atoms. The van der Waals surface area contributed by atoms with Crippen LogP contribution in [-0.2, 0) is 0 Å². The van der Waals surface area contributed by atoms with Crippen LogP contribution in [0.3, 0.4) is 0 Å². The first-order valence-electron chi connectivity index (χ1n) is 6.46. The lowest BCUT2D eigenvalue weighted by molar-refractivity contribution is -0.0498. The number of benzene rings is 1. The lowest BCUT2D eigenvalue weighted by Gasteiger charge is -2.07. The fraction of sp³-hybridized carbons (Fsp3) is 0.357. The molecular formula is C14H17F2N3O. The van der Waals surface area contributed by atoms with Crippen molar-refractivity contribution in [2.45, 2.75) is 32.4 Å². The Kier molecular flexibility index (Phi) is 4.68. The Bertz CT molecular complexity index is 557. The van der Waals surface area contributed by atoms with Crippen molar-refractivity contribution >= 4 is 0 Å². The Balaban J connectivity index is 2.19. The second-order valence-electron chi connectivity index (χ2n) is 4.48. The van der Waals surface area contributed by atoms with Crippen molar-refractivity contribution in [2.75, 3.05) is 0 Å². The van der Waals surface area contributed by atoms with Crippen LogP contribution in [0.2, 0.25) is 0 Å². The number of rotatable bonds is 6. The first-order valence-corrected chi connectivity index (χ1v) is 6.46. The number of alkyl halides is 2. The van der Waals surface area contributed by atoms with Crippen molar-refractivity contribution in [3.63, 3.8) is 0 Å². The highest BCUT2D eigenvalue weighted by Gasteiger charge is 2.11. The van der Waals surface area contributed by atoms with Gasteiger partial charge in [0.05, 0.1) is 17.9 Å². The van der Waals surface area contributed by atoms with Gasteiger partial charge in [0.25, 0.3) is 0 Å². The van der Waals surface area contributed by atoms with E-state index < -0.39 is 6.61 Å². The Morgan fingerprint density at radius 1 is 1.40 bits per heavy atom. The first-order chi connectivity index (χ1) is 9.60. The molecule has 0 fully saturated rings. The fourth-order valence-electron chi connectivity index (χ4n) is 1.96. The van der Waals surface area contributed by atoms with Crippen LogP contribution < -0.4 is 10.5 Å². The van der Waals surface area contributed by atoms with Gasteiger partial charge in [0, 0.05) is 5.56 Å². The largest absolute Gasteiger partial charge is 0.435 e. The van der Waals surface area contributed by atoms with Gasteiger partial charge in [-0.2, -0.15) is 8.78 Å². The summed E-state index contributed by atoms with van der Waals surface area (Å²) in [6, 6.07) is 6.32. The molecule has 0 saturated carbocycles. The van der Waals surface area contributed by atoms with Crippen molar-refractivity contribution in [3.8, 4) is 17.0 Å². The van der Waals surface area contributed by atoms with E-state index in [1.807, 2.05) is 0 Å². The maximum atomic E-state index is 12.2. The molecule has 0 aliphatic carbocycles. The van der Waals surface area contributed by atoms with Crippen molar-refractivity contribution in [3.05, 3.63) is 36.3 Å². The van der Waals surface area contributed by atoms with Crippen LogP contribution in [0.15, 0.2) is 30.5 Å². The molecule has 0 radical (unpaired) electrons. The lowest BCUT2D eigenvalue weighted by Crippen LogP contribution is -2.11. The zero-order valence-corrected chi connectivity index (χ0v) is 11.1. The predicted molar refractivity (Wildman–Crippen MR) is 72.5 cm³/mol. The Morgan fingerprint density at radius 2 is 2.20 bits per heavy atom. The molecule has 4 nitrogen and oxygen atoms in total. The molecule has 1 atom stereocenters. The third-order valence-corrected chi connectivity index (χ3v) is 2.92. The second kappa shape index (κ2) is 6.47. The van der Waals surface area contributed by atoms with Crippen LogP contribution in [-0.4, -0.2) is 16.6 Å². The number of hydrogen-bond donors (Lipinski definition) is 2. The van der Waals surface area contributed by atoms with E-state index in [1.54, 1.807) is 18.3 Å². The minimum atomic E-state index is -2.83. The molecule has 6 heteroatoms. The second-order valence-corrected chi connectivity index (χ2v) is 4.48. The fourth-order valence-corrected chi connectivity index (χ4v) is 1.96. The molecule has 1 aromatic heterocycles. The highest BCUT2D eigenvalue weighted by Crippen LogP contribution is 2.24. The topological polar surface area (TPSA) is 63.9 Å². The molecule has 0 saturated heterocycles. The number of imidazole rings is 1. The third-order valence-electron chi connectivity index (χ3n) is 2.92. The van der Waals surface area contributed by atoms with Crippen molar-refractivity contribution < 1.29 is 13.5 Å². The maximum absolute atomic E-state index is 12.2. The number of H-pyrrole nitrogens is 1. The number of aromatic nitrogens is 2. The van der Waals surface area contributed by atoms with Gasteiger partial charge in [-0.3, -0.25) is 0 Å². The van der Waals surface area contributed by atoms with Crippen molar-refractivity contribution in [1.82, 2.24) is 9.97 Å². The molecule has 1 heterocycles. The van der Waals surface area contributed by atoms with E-state index in [4.69, 9.17) is 5.73 Å². The lowest BCUT2D eigenvalue weighted by atomic mass is 10.1. The van der Waals surface area contributed by atoms with Crippen LogP contribution in [0.4, 0.5) is 8.78 Å². The zero-order valence-electron chi connectivity index (χ0n) is 11.1. The molecule has 3 N–H and O–H groups in total. The summed E-state index contributed by atoms with van der Waals surface area (Å²) in [7, 11) is 0. The number of nitrogens with two attached hydrogens (primary N) is 1. The normalized spacial score (nSPS) is 12.7. The molecule has 1 aromatic carbocycles. The summed E-state index contributed by atoms with van der Waals surface area (Å²) < 4.78 is 28.8. The average Bonchev–Trinajstić information content (AvgIpc) is 2.88. The summed E-state index contributed by atoms with van der Waals surface area (Å²) in [6.07, 6.45) is 3.45. The quantitative estimate of drug-likeness (QED) is 0.852. The van der Waals surface area contributed by atoms with Gasteiger partial charge in [-0.05, 0) is 18.6 Å². The number of nitrogens with zero attached hydrogens (tertiary/aromatic N) is 1. The van der Waals surface area contributed by atoms with Crippen molar-refractivity contribution in [2.24, 2.45) is 5.73 Å². The Hall–Kier alpha value is -1.95. The number of ether oxygens (including phenoxy) is 1. The maximum Gasteiger partial charge on any atom is 0.387 e. The predicted octanol–water partition coefficient (Wildman–Crippen LogP) is 3.48. The van der Waals surface area contributed by atoms with E-state index in [2.05, 4.69) is 21.6 Å². The highest BCUT2D eigenvalue weighted by molar-refractivity contribution is 5.60. The van der Waals surface area contributed by atoms with Crippen LogP contribution in [0.5, 0.6) is 5.75 Å². The molecule has 108 valence electrons. The Morgan fingerprint density at radius 3 is 2.90 bits per heavy atom. The standard InChI is InChI=1S/C14H17F2N3O/c1-2-4-11(17)13-18-8-12(19-13)9-5-3-6-10(7-9)20-14(15)16/h3,5-8,11,14H,2,4,17H2,1H3,(H,18,19). The number of hydrogen-bond acceptors (Lipinski definition) is 3. The minimum Gasteiger partial charge on any atom is -0.435 e. The number of aromatic amines is 1. The molecule has 1 unspecified atom stereocenters. The van der Waals surface area contributed by atoms with E-state index in [0.717, 1.165) is 24.1 Å². The summed E-state index contributed by atoms with van der Waals surface area (Å²) in [5.74, 6) is 0.813. The van der Waals surface area contributed by atoms with E-state index in [0.29, 0.717) is 5.82 Å². The molecule has 0 aliphatic heterocycles. The van der Waals surface area contributed by atoms with Crippen molar-refractivity contribution in [1.29, 1.82) is 0 Å². The van der Waals surface area contributed by atoms with Gasteiger partial charge in [0.1, 0.15) is 11.6 Å². The Labute approximate surface area is 116 Å². The molecule has 2 aromatic rings. The van der Waals surface area contributed by atoms with E-state index >= 15 is 0 Å². The summed E-state index contributed by atoms with van der Waals surface area (Å²) >= 11 is 0. The summed E-state index contributed by atoms with van der Waals surface area (Å²) in [4.78, 5) is 7.35. The van der Waals surface area contributed by atoms with Gasteiger partial charge in [-0.25, -0.2) is 4.98 Å².